The van der Waals surface area contributed by atoms with Crippen molar-refractivity contribution >= 4 is 23.8 Å². The molecule has 188 valence electrons. The van der Waals surface area contributed by atoms with Crippen LogP contribution in [0.1, 0.15) is 48.7 Å². The number of rotatable bonds is 11. The molecule has 5 N–H and O–H groups in total. The summed E-state index contributed by atoms with van der Waals surface area (Å²) in [6.45, 7) is 5.64. The van der Waals surface area contributed by atoms with Crippen molar-refractivity contribution in [2.75, 3.05) is 0 Å². The Kier molecular flexibility index (Phi) is 10.7. The van der Waals surface area contributed by atoms with Crippen molar-refractivity contribution in [3.63, 3.8) is 0 Å². The molecule has 0 saturated carbocycles. The Morgan fingerprint density at radius 2 is 1.51 bits per heavy atom. The zero-order valence-corrected chi connectivity index (χ0v) is 20.0. The molecule has 0 fully saturated rings. The van der Waals surface area contributed by atoms with E-state index in [2.05, 4.69) is 16.0 Å². The molecule has 0 aliphatic carbocycles. The van der Waals surface area contributed by atoms with Gasteiger partial charge in [0.1, 0.15) is 18.7 Å². The third-order valence-corrected chi connectivity index (χ3v) is 5.06. The molecule has 4 amide bonds. The Hall–Kier alpha value is -3.92. The summed E-state index contributed by atoms with van der Waals surface area (Å²) in [5.41, 5.74) is 3.37. The molecule has 35 heavy (non-hydrogen) atoms. The van der Waals surface area contributed by atoms with Gasteiger partial charge >= 0.3 is 6.09 Å². The fraction of sp³-hybridized carbons (Fsp3) is 0.360. The molecule has 0 aliphatic heterocycles. The number of hydroxylamine groups is 1. The van der Waals surface area contributed by atoms with Gasteiger partial charge in [-0.3, -0.25) is 19.6 Å². The van der Waals surface area contributed by atoms with Crippen LogP contribution in [-0.2, 0) is 27.5 Å². The van der Waals surface area contributed by atoms with Gasteiger partial charge in [0, 0.05) is 12.1 Å². The van der Waals surface area contributed by atoms with Gasteiger partial charge in [0.25, 0.3) is 5.91 Å². The quantitative estimate of drug-likeness (QED) is 0.244. The van der Waals surface area contributed by atoms with E-state index in [0.717, 1.165) is 11.1 Å². The number of ether oxygens (including phenoxy) is 1. The van der Waals surface area contributed by atoms with E-state index in [1.165, 1.54) is 12.1 Å². The lowest BCUT2D eigenvalue weighted by atomic mass is 10.0. The van der Waals surface area contributed by atoms with Crippen molar-refractivity contribution in [2.45, 2.75) is 52.4 Å². The third kappa shape index (κ3) is 9.46. The van der Waals surface area contributed by atoms with Crippen molar-refractivity contribution in [3.05, 3.63) is 71.3 Å². The maximum Gasteiger partial charge on any atom is 0.408 e. The molecule has 0 bridgehead atoms. The number of benzene rings is 2. The number of amides is 4. The summed E-state index contributed by atoms with van der Waals surface area (Å²) in [5.74, 6) is -1.42. The van der Waals surface area contributed by atoms with Crippen molar-refractivity contribution in [3.8, 4) is 0 Å². The predicted molar refractivity (Wildman–Crippen MR) is 128 cm³/mol. The van der Waals surface area contributed by atoms with Gasteiger partial charge in [0.15, 0.2) is 0 Å². The first-order valence-corrected chi connectivity index (χ1v) is 11.3. The van der Waals surface area contributed by atoms with Crippen LogP contribution in [0.25, 0.3) is 0 Å². The largest absolute Gasteiger partial charge is 0.445 e. The lowest BCUT2D eigenvalue weighted by Gasteiger charge is -2.22. The van der Waals surface area contributed by atoms with Crippen LogP contribution in [0.5, 0.6) is 0 Å². The second kappa shape index (κ2) is 13.7. The Labute approximate surface area is 204 Å². The summed E-state index contributed by atoms with van der Waals surface area (Å²) in [7, 11) is 0. The van der Waals surface area contributed by atoms with E-state index in [9.17, 15) is 19.2 Å². The van der Waals surface area contributed by atoms with Crippen LogP contribution in [0.15, 0.2) is 54.6 Å². The summed E-state index contributed by atoms with van der Waals surface area (Å²) in [5, 5.41) is 16.6. The van der Waals surface area contributed by atoms with Gasteiger partial charge in [-0.1, -0.05) is 56.3 Å². The van der Waals surface area contributed by atoms with E-state index in [1.54, 1.807) is 24.5 Å². The summed E-state index contributed by atoms with van der Waals surface area (Å²) >= 11 is 0. The van der Waals surface area contributed by atoms with Gasteiger partial charge in [-0.2, -0.15) is 0 Å². The smallest absolute Gasteiger partial charge is 0.408 e. The van der Waals surface area contributed by atoms with Crippen LogP contribution in [0, 0.1) is 5.92 Å². The predicted octanol–water partition coefficient (Wildman–Crippen LogP) is 2.27. The normalized spacial score (nSPS) is 12.3. The molecule has 0 aromatic heterocycles. The van der Waals surface area contributed by atoms with Gasteiger partial charge in [-0.15, -0.1) is 0 Å². The second-order valence-corrected chi connectivity index (χ2v) is 8.47. The maximum absolute atomic E-state index is 12.8. The third-order valence-electron chi connectivity index (χ3n) is 5.06. The van der Waals surface area contributed by atoms with Crippen LogP contribution in [0.3, 0.4) is 0 Å². The first-order chi connectivity index (χ1) is 16.7. The molecule has 2 aromatic carbocycles. The van der Waals surface area contributed by atoms with E-state index in [0.29, 0.717) is 6.42 Å². The molecule has 2 atom stereocenters. The number of nitrogens with one attached hydrogen (secondary N) is 4. The Bertz CT molecular complexity index is 995. The Morgan fingerprint density at radius 1 is 0.857 bits per heavy atom. The molecule has 0 spiro atoms. The average molecular weight is 485 g/mol. The monoisotopic (exact) mass is 484 g/mol. The highest BCUT2D eigenvalue weighted by Gasteiger charge is 2.25. The second-order valence-electron chi connectivity index (χ2n) is 8.47. The Morgan fingerprint density at radius 3 is 2.11 bits per heavy atom. The fourth-order valence-corrected chi connectivity index (χ4v) is 3.17. The maximum atomic E-state index is 12.8. The van der Waals surface area contributed by atoms with Gasteiger partial charge < -0.3 is 20.7 Å². The summed E-state index contributed by atoms with van der Waals surface area (Å²) < 4.78 is 5.21. The van der Waals surface area contributed by atoms with E-state index < -0.39 is 35.9 Å². The minimum atomic E-state index is -0.862. The molecule has 0 unspecified atom stereocenters. The molecule has 0 heterocycles. The SMILES string of the molecule is CC(C)C[C@H](NC(=O)OCc1ccccc1)C(=O)N[C@@H](C)C(=O)NCc1ccc(C(=O)NO)cc1. The van der Waals surface area contributed by atoms with E-state index in [4.69, 9.17) is 9.94 Å². The zero-order chi connectivity index (χ0) is 25.8. The standard InChI is InChI=1S/C25H32N4O6/c1-16(2)13-21(28-25(33)35-15-19-7-5-4-6-8-19)24(32)27-17(3)22(30)26-14-18-9-11-20(12-10-18)23(31)29-34/h4-12,16-17,21,34H,13-15H2,1-3H3,(H,26,30)(H,27,32)(H,28,33)(H,29,31)/t17-,21-/m0/s1. The topological polar surface area (TPSA) is 146 Å². The van der Waals surface area contributed by atoms with Crippen LogP contribution in [-0.4, -0.2) is 41.1 Å². The molecule has 10 heteroatoms. The Balaban J connectivity index is 1.86. The van der Waals surface area contributed by atoms with Crippen LogP contribution in [0.2, 0.25) is 0 Å². The van der Waals surface area contributed by atoms with Gasteiger partial charge in [0.2, 0.25) is 11.8 Å². The molecular formula is C25H32N4O6. The number of hydrogen-bond acceptors (Lipinski definition) is 6. The summed E-state index contributed by atoms with van der Waals surface area (Å²) in [6.07, 6.45) is -0.348. The highest BCUT2D eigenvalue weighted by molar-refractivity contribution is 5.93. The fourth-order valence-electron chi connectivity index (χ4n) is 3.17. The molecule has 10 nitrogen and oxygen atoms in total. The van der Waals surface area contributed by atoms with Crippen molar-refractivity contribution in [1.82, 2.24) is 21.4 Å². The minimum absolute atomic E-state index is 0.0765. The van der Waals surface area contributed by atoms with Crippen molar-refractivity contribution in [1.29, 1.82) is 0 Å². The molecule has 2 rings (SSSR count). The molecule has 0 radical (unpaired) electrons. The minimum Gasteiger partial charge on any atom is -0.445 e. The number of carbonyl (C=O) groups is 4. The first-order valence-electron chi connectivity index (χ1n) is 11.3. The van der Waals surface area contributed by atoms with Crippen molar-refractivity contribution in [2.24, 2.45) is 5.92 Å². The molecule has 0 aliphatic rings. The lowest BCUT2D eigenvalue weighted by molar-refractivity contribution is -0.129. The molecule has 2 aromatic rings. The van der Waals surface area contributed by atoms with E-state index >= 15 is 0 Å². The summed E-state index contributed by atoms with van der Waals surface area (Å²) in [6, 6.07) is 13.8. The van der Waals surface area contributed by atoms with E-state index in [1.807, 2.05) is 44.2 Å². The van der Waals surface area contributed by atoms with Gasteiger partial charge in [-0.05, 0) is 42.5 Å². The number of carbonyl (C=O) groups excluding carboxylic acids is 4. The summed E-state index contributed by atoms with van der Waals surface area (Å²) in [4.78, 5) is 48.9. The highest BCUT2D eigenvalue weighted by atomic mass is 16.5. The van der Waals surface area contributed by atoms with Crippen molar-refractivity contribution < 1.29 is 29.1 Å². The van der Waals surface area contributed by atoms with Crippen LogP contribution < -0.4 is 21.4 Å². The van der Waals surface area contributed by atoms with Crippen LogP contribution >= 0.6 is 0 Å². The lowest BCUT2D eigenvalue weighted by Crippen LogP contribution is -2.53. The van der Waals surface area contributed by atoms with Crippen LogP contribution in [0.4, 0.5) is 4.79 Å². The van der Waals surface area contributed by atoms with Gasteiger partial charge in [0.05, 0.1) is 0 Å². The zero-order valence-electron chi connectivity index (χ0n) is 20.0. The molecule has 0 saturated heterocycles. The number of hydrogen-bond donors (Lipinski definition) is 5. The molecular weight excluding hydrogens is 452 g/mol. The van der Waals surface area contributed by atoms with Gasteiger partial charge in [-0.25, -0.2) is 10.3 Å². The average Bonchev–Trinajstić information content (AvgIpc) is 2.85. The highest BCUT2D eigenvalue weighted by Crippen LogP contribution is 2.08. The number of alkyl carbamates (subject to hydrolysis) is 1. The first kappa shape index (κ1) is 27.3. The van der Waals surface area contributed by atoms with E-state index in [-0.39, 0.29) is 24.6 Å².